The predicted octanol–water partition coefficient (Wildman–Crippen LogP) is 5.36. The van der Waals surface area contributed by atoms with Gasteiger partial charge in [0.15, 0.2) is 0 Å². The summed E-state index contributed by atoms with van der Waals surface area (Å²) < 4.78 is 5.95. The van der Waals surface area contributed by atoms with Gasteiger partial charge in [-0.3, -0.25) is 0 Å². The predicted molar refractivity (Wildman–Crippen MR) is 78.9 cm³/mol. The standard InChI is InChI=1S/C17H26O/c1-6-7-8-11-15-12-9-10-13-16(15)18-14(2)17(3,4)5/h9-10,12-13H,2,6-8,11H2,1,3-5H3. The molecule has 0 radical (unpaired) electrons. The van der Waals surface area contributed by atoms with Crippen molar-refractivity contribution in [1.29, 1.82) is 0 Å². The third-order valence-corrected chi connectivity index (χ3v) is 3.09. The van der Waals surface area contributed by atoms with E-state index in [4.69, 9.17) is 4.74 Å². The van der Waals surface area contributed by atoms with Crippen LogP contribution >= 0.6 is 0 Å². The first-order valence-electron chi connectivity index (χ1n) is 6.90. The van der Waals surface area contributed by atoms with Crippen LogP contribution in [0.5, 0.6) is 5.75 Å². The molecule has 0 saturated heterocycles. The molecule has 1 heteroatoms. The fraction of sp³-hybridized carbons (Fsp3) is 0.529. The van der Waals surface area contributed by atoms with Crippen molar-refractivity contribution in [3.8, 4) is 5.75 Å². The van der Waals surface area contributed by atoms with Crippen LogP contribution in [0.15, 0.2) is 36.6 Å². The summed E-state index contributed by atoms with van der Waals surface area (Å²) in [7, 11) is 0. The van der Waals surface area contributed by atoms with Crippen LogP contribution in [0.1, 0.15) is 52.5 Å². The van der Waals surface area contributed by atoms with Crippen molar-refractivity contribution < 1.29 is 4.74 Å². The van der Waals surface area contributed by atoms with Gasteiger partial charge in [0.2, 0.25) is 0 Å². The number of aryl methyl sites for hydroxylation is 1. The lowest BCUT2D eigenvalue weighted by molar-refractivity contribution is 0.294. The van der Waals surface area contributed by atoms with Gasteiger partial charge < -0.3 is 4.74 Å². The third-order valence-electron chi connectivity index (χ3n) is 3.09. The molecule has 1 rings (SSSR count). The van der Waals surface area contributed by atoms with Crippen molar-refractivity contribution in [2.45, 2.75) is 53.4 Å². The van der Waals surface area contributed by atoms with Gasteiger partial charge >= 0.3 is 0 Å². The molecule has 0 fully saturated rings. The number of hydrogen-bond donors (Lipinski definition) is 0. The van der Waals surface area contributed by atoms with Gasteiger partial charge in [0.25, 0.3) is 0 Å². The van der Waals surface area contributed by atoms with Crippen molar-refractivity contribution >= 4 is 0 Å². The average Bonchev–Trinajstić information content (AvgIpc) is 2.30. The molecule has 18 heavy (non-hydrogen) atoms. The third kappa shape index (κ3) is 4.56. The van der Waals surface area contributed by atoms with Crippen molar-refractivity contribution in [3.63, 3.8) is 0 Å². The molecule has 0 saturated carbocycles. The minimum atomic E-state index is -0.0173. The lowest BCUT2D eigenvalue weighted by atomic mass is 9.94. The molecule has 0 atom stereocenters. The zero-order valence-electron chi connectivity index (χ0n) is 12.3. The van der Waals surface area contributed by atoms with Crippen molar-refractivity contribution in [2.24, 2.45) is 5.41 Å². The van der Waals surface area contributed by atoms with Gasteiger partial charge in [-0.25, -0.2) is 0 Å². The molecule has 0 aliphatic rings. The number of unbranched alkanes of at least 4 members (excludes halogenated alkanes) is 2. The Hall–Kier alpha value is -1.24. The van der Waals surface area contributed by atoms with Crippen LogP contribution in [0.2, 0.25) is 0 Å². The van der Waals surface area contributed by atoms with Crippen LogP contribution in [0.25, 0.3) is 0 Å². The monoisotopic (exact) mass is 246 g/mol. The number of ether oxygens (including phenoxy) is 1. The summed E-state index contributed by atoms with van der Waals surface area (Å²) in [5, 5.41) is 0. The topological polar surface area (TPSA) is 9.23 Å². The fourth-order valence-corrected chi connectivity index (χ4v) is 1.66. The summed E-state index contributed by atoms with van der Waals surface area (Å²) in [6.07, 6.45) is 4.83. The minimum absolute atomic E-state index is 0.0173. The van der Waals surface area contributed by atoms with E-state index < -0.39 is 0 Å². The molecule has 0 aliphatic heterocycles. The molecule has 0 N–H and O–H groups in total. The molecular formula is C17H26O. The molecule has 1 nitrogen and oxygen atoms in total. The Morgan fingerprint density at radius 2 is 1.83 bits per heavy atom. The molecule has 0 aromatic heterocycles. The summed E-state index contributed by atoms with van der Waals surface area (Å²) in [4.78, 5) is 0. The van der Waals surface area contributed by atoms with Crippen LogP contribution < -0.4 is 4.74 Å². The first-order valence-corrected chi connectivity index (χ1v) is 6.90. The fourth-order valence-electron chi connectivity index (χ4n) is 1.66. The number of para-hydroxylation sites is 1. The van der Waals surface area contributed by atoms with Gasteiger partial charge in [0, 0.05) is 5.41 Å². The van der Waals surface area contributed by atoms with E-state index in [0.717, 1.165) is 17.9 Å². The van der Waals surface area contributed by atoms with Gasteiger partial charge in [0.05, 0.1) is 0 Å². The number of hydrogen-bond acceptors (Lipinski definition) is 1. The van der Waals surface area contributed by atoms with E-state index in [-0.39, 0.29) is 5.41 Å². The van der Waals surface area contributed by atoms with Gasteiger partial charge in [-0.1, -0.05) is 65.3 Å². The van der Waals surface area contributed by atoms with Crippen LogP contribution in [0.3, 0.4) is 0 Å². The highest BCUT2D eigenvalue weighted by atomic mass is 16.5. The Kier molecular flexibility index (Phi) is 5.46. The average molecular weight is 246 g/mol. The SMILES string of the molecule is C=C(Oc1ccccc1CCCCC)C(C)(C)C. The Balaban J connectivity index is 2.73. The van der Waals surface area contributed by atoms with E-state index in [9.17, 15) is 0 Å². The first kappa shape index (κ1) is 14.8. The zero-order chi connectivity index (χ0) is 13.6. The van der Waals surface area contributed by atoms with E-state index in [1.54, 1.807) is 0 Å². The highest BCUT2D eigenvalue weighted by molar-refractivity contribution is 5.35. The lowest BCUT2D eigenvalue weighted by Crippen LogP contribution is -2.14. The summed E-state index contributed by atoms with van der Waals surface area (Å²) in [5.74, 6) is 1.79. The quantitative estimate of drug-likeness (QED) is 0.485. The van der Waals surface area contributed by atoms with E-state index in [1.165, 1.54) is 24.8 Å². The maximum absolute atomic E-state index is 5.95. The van der Waals surface area contributed by atoms with Gasteiger partial charge in [-0.05, 0) is 24.5 Å². The Morgan fingerprint density at radius 1 is 1.17 bits per heavy atom. The molecule has 0 aliphatic carbocycles. The first-order chi connectivity index (χ1) is 8.45. The summed E-state index contributed by atoms with van der Waals surface area (Å²) >= 11 is 0. The molecular weight excluding hydrogens is 220 g/mol. The van der Waals surface area contributed by atoms with Crippen LogP contribution in [0.4, 0.5) is 0 Å². The van der Waals surface area contributed by atoms with E-state index in [1.807, 2.05) is 12.1 Å². The summed E-state index contributed by atoms with van der Waals surface area (Å²) in [6.45, 7) is 12.6. The largest absolute Gasteiger partial charge is 0.462 e. The molecule has 100 valence electrons. The lowest BCUT2D eigenvalue weighted by Gasteiger charge is -2.23. The van der Waals surface area contributed by atoms with Crippen LogP contribution in [-0.2, 0) is 6.42 Å². The maximum atomic E-state index is 5.95. The summed E-state index contributed by atoms with van der Waals surface area (Å²) in [5.41, 5.74) is 1.27. The molecule has 1 aromatic carbocycles. The maximum Gasteiger partial charge on any atom is 0.130 e. The Labute approximate surface area is 112 Å². The highest BCUT2D eigenvalue weighted by Gasteiger charge is 2.18. The van der Waals surface area contributed by atoms with Crippen molar-refractivity contribution in [3.05, 3.63) is 42.2 Å². The second-order valence-electron chi connectivity index (χ2n) is 5.84. The highest BCUT2D eigenvalue weighted by Crippen LogP contribution is 2.29. The Bertz CT molecular complexity index is 385. The molecule has 1 aromatic rings. The smallest absolute Gasteiger partial charge is 0.130 e. The second kappa shape index (κ2) is 6.63. The van der Waals surface area contributed by atoms with Gasteiger partial charge in [-0.15, -0.1) is 0 Å². The van der Waals surface area contributed by atoms with Gasteiger partial charge in [-0.2, -0.15) is 0 Å². The second-order valence-corrected chi connectivity index (χ2v) is 5.84. The number of benzene rings is 1. The Morgan fingerprint density at radius 3 is 2.44 bits per heavy atom. The normalized spacial score (nSPS) is 11.3. The van der Waals surface area contributed by atoms with Crippen molar-refractivity contribution in [1.82, 2.24) is 0 Å². The molecule has 0 bridgehead atoms. The van der Waals surface area contributed by atoms with E-state index >= 15 is 0 Å². The number of rotatable bonds is 6. The van der Waals surface area contributed by atoms with E-state index in [0.29, 0.717) is 0 Å². The minimum Gasteiger partial charge on any atom is -0.462 e. The molecule has 0 unspecified atom stereocenters. The molecule has 0 amide bonds. The number of allylic oxidation sites excluding steroid dienone is 1. The molecule has 0 heterocycles. The van der Waals surface area contributed by atoms with Crippen LogP contribution in [-0.4, -0.2) is 0 Å². The van der Waals surface area contributed by atoms with Crippen LogP contribution in [0, 0.1) is 5.41 Å². The van der Waals surface area contributed by atoms with Gasteiger partial charge in [0.1, 0.15) is 11.5 Å². The summed E-state index contributed by atoms with van der Waals surface area (Å²) in [6, 6.07) is 8.29. The molecule has 0 spiro atoms. The zero-order valence-corrected chi connectivity index (χ0v) is 12.3. The van der Waals surface area contributed by atoms with E-state index in [2.05, 4.69) is 46.4 Å². The van der Waals surface area contributed by atoms with Crippen molar-refractivity contribution in [2.75, 3.05) is 0 Å².